The molecule has 0 atom stereocenters. The molecule has 0 radical (unpaired) electrons. The molecule has 0 spiro atoms. The predicted molar refractivity (Wildman–Crippen MR) is 78.2 cm³/mol. The highest BCUT2D eigenvalue weighted by atomic mass is 32.2. The van der Waals surface area contributed by atoms with Crippen molar-refractivity contribution >= 4 is 21.6 Å². The number of nitro benzene ring substituents is 1. The fourth-order valence-corrected chi connectivity index (χ4v) is 3.50. The van der Waals surface area contributed by atoms with Crippen LogP contribution in [0.2, 0.25) is 0 Å². The zero-order valence-corrected chi connectivity index (χ0v) is 13.2. The van der Waals surface area contributed by atoms with Gasteiger partial charge in [0.05, 0.1) is 11.0 Å². The third-order valence-electron chi connectivity index (χ3n) is 3.77. The van der Waals surface area contributed by atoms with Crippen molar-refractivity contribution in [2.24, 2.45) is 5.92 Å². The first-order chi connectivity index (χ1) is 10.7. The number of nitro groups is 1. The Kier molecular flexibility index (Phi) is 4.95. The van der Waals surface area contributed by atoms with E-state index in [1.807, 2.05) is 4.83 Å². The number of amides is 1. The number of nitrogens with one attached hydrogen (secondary N) is 2. The first-order valence-corrected chi connectivity index (χ1v) is 8.47. The van der Waals surface area contributed by atoms with Crippen LogP contribution in [0.15, 0.2) is 17.0 Å². The van der Waals surface area contributed by atoms with Gasteiger partial charge in [0.15, 0.2) is 0 Å². The van der Waals surface area contributed by atoms with Gasteiger partial charge in [0.1, 0.15) is 10.7 Å². The van der Waals surface area contributed by atoms with Gasteiger partial charge in [-0.1, -0.05) is 12.8 Å². The topological polar surface area (TPSA) is 118 Å². The van der Waals surface area contributed by atoms with Gasteiger partial charge in [0.25, 0.3) is 15.7 Å². The maximum absolute atomic E-state index is 13.9. The molecule has 10 heteroatoms. The number of benzene rings is 1. The summed E-state index contributed by atoms with van der Waals surface area (Å²) in [4.78, 5) is 22.8. The fraction of sp³-hybridized carbons (Fsp3) is 0.462. The maximum Gasteiger partial charge on any atom is 0.275 e. The Balaban J connectivity index is 2.17. The molecule has 1 saturated carbocycles. The number of nitrogens with zero attached hydrogens (tertiary/aromatic N) is 1. The van der Waals surface area contributed by atoms with Crippen LogP contribution in [0.3, 0.4) is 0 Å². The highest BCUT2D eigenvalue weighted by molar-refractivity contribution is 7.89. The normalized spacial score (nSPS) is 15.6. The van der Waals surface area contributed by atoms with E-state index < -0.39 is 37.3 Å². The van der Waals surface area contributed by atoms with Gasteiger partial charge in [-0.3, -0.25) is 20.3 Å². The lowest BCUT2D eigenvalue weighted by Gasteiger charge is -2.12. The van der Waals surface area contributed by atoms with Gasteiger partial charge in [0, 0.05) is 11.5 Å². The van der Waals surface area contributed by atoms with Crippen LogP contribution in [0.25, 0.3) is 0 Å². The summed E-state index contributed by atoms with van der Waals surface area (Å²) < 4.78 is 38.0. The summed E-state index contributed by atoms with van der Waals surface area (Å²) >= 11 is 0. The van der Waals surface area contributed by atoms with Crippen molar-refractivity contribution in [3.63, 3.8) is 0 Å². The minimum absolute atomic E-state index is 0.00102. The maximum atomic E-state index is 13.9. The Morgan fingerprint density at radius 2 is 1.96 bits per heavy atom. The molecule has 126 valence electrons. The van der Waals surface area contributed by atoms with Gasteiger partial charge in [-0.2, -0.15) is 0 Å². The lowest BCUT2D eigenvalue weighted by molar-refractivity contribution is -0.385. The van der Waals surface area contributed by atoms with Crippen molar-refractivity contribution in [1.29, 1.82) is 0 Å². The second-order valence-corrected chi connectivity index (χ2v) is 7.05. The molecule has 2 N–H and O–H groups in total. The number of rotatable bonds is 5. The molecule has 1 aromatic rings. The summed E-state index contributed by atoms with van der Waals surface area (Å²) in [6, 6.07) is 1.40. The van der Waals surface area contributed by atoms with E-state index in [2.05, 4.69) is 5.43 Å². The van der Waals surface area contributed by atoms with Crippen molar-refractivity contribution in [3.05, 3.63) is 33.6 Å². The molecule has 1 aliphatic rings. The van der Waals surface area contributed by atoms with E-state index in [1.54, 1.807) is 0 Å². The van der Waals surface area contributed by atoms with Crippen molar-refractivity contribution < 1.29 is 22.5 Å². The van der Waals surface area contributed by atoms with Crippen molar-refractivity contribution in [2.45, 2.75) is 37.5 Å². The minimum Gasteiger partial charge on any atom is -0.277 e. The van der Waals surface area contributed by atoms with E-state index in [0.29, 0.717) is 18.9 Å². The monoisotopic (exact) mass is 345 g/mol. The van der Waals surface area contributed by atoms with Crippen LogP contribution >= 0.6 is 0 Å². The van der Waals surface area contributed by atoms with Crippen molar-refractivity contribution in [1.82, 2.24) is 10.3 Å². The number of hydrogen-bond acceptors (Lipinski definition) is 5. The van der Waals surface area contributed by atoms with E-state index in [9.17, 15) is 27.7 Å². The molecule has 1 amide bonds. The largest absolute Gasteiger partial charge is 0.277 e. The quantitative estimate of drug-likeness (QED) is 0.620. The lowest BCUT2D eigenvalue weighted by Crippen LogP contribution is -2.44. The van der Waals surface area contributed by atoms with Gasteiger partial charge in [0.2, 0.25) is 5.91 Å². The Labute approximate surface area is 132 Å². The first-order valence-electron chi connectivity index (χ1n) is 6.98. The molecular formula is C13H16FN3O5S. The minimum atomic E-state index is -4.36. The molecule has 1 aromatic carbocycles. The number of hydrogen-bond donors (Lipinski definition) is 2. The molecule has 2 rings (SSSR count). The van der Waals surface area contributed by atoms with Gasteiger partial charge in [-0.15, -0.1) is 4.83 Å². The Hall–Kier alpha value is -2.07. The van der Waals surface area contributed by atoms with Crippen LogP contribution in [-0.4, -0.2) is 19.2 Å². The lowest BCUT2D eigenvalue weighted by atomic mass is 10.1. The summed E-state index contributed by atoms with van der Waals surface area (Å²) in [5, 5.41) is 10.7. The molecule has 0 saturated heterocycles. The van der Waals surface area contributed by atoms with Crippen LogP contribution in [-0.2, 0) is 14.8 Å². The summed E-state index contributed by atoms with van der Waals surface area (Å²) in [5.41, 5.74) is 1.55. The molecule has 1 fully saturated rings. The molecule has 8 nitrogen and oxygen atoms in total. The highest BCUT2D eigenvalue weighted by Crippen LogP contribution is 2.26. The summed E-state index contributed by atoms with van der Waals surface area (Å²) in [5.74, 6) is -1.99. The smallest absolute Gasteiger partial charge is 0.275 e. The van der Waals surface area contributed by atoms with Crippen LogP contribution < -0.4 is 10.3 Å². The number of halogens is 1. The van der Waals surface area contributed by atoms with Crippen LogP contribution in [0.4, 0.5) is 10.1 Å². The fourth-order valence-electron chi connectivity index (χ4n) is 2.51. The Morgan fingerprint density at radius 1 is 1.35 bits per heavy atom. The molecule has 23 heavy (non-hydrogen) atoms. The molecule has 0 aliphatic heterocycles. The average molecular weight is 345 g/mol. The number of carbonyl (C=O) groups is 1. The molecule has 0 aromatic heterocycles. The summed E-state index contributed by atoms with van der Waals surface area (Å²) in [6.45, 7) is 1.30. The summed E-state index contributed by atoms with van der Waals surface area (Å²) in [7, 11) is -4.36. The molecule has 0 unspecified atom stereocenters. The molecule has 0 bridgehead atoms. The number of carbonyl (C=O) groups excluding carboxylic acids is 1. The highest BCUT2D eigenvalue weighted by Gasteiger charge is 2.27. The molecule has 0 heterocycles. The van der Waals surface area contributed by atoms with Crippen LogP contribution in [0.1, 0.15) is 31.2 Å². The first kappa shape index (κ1) is 17.3. The van der Waals surface area contributed by atoms with E-state index >= 15 is 0 Å². The number of sulfonamides is 1. The number of hydrazine groups is 1. The third-order valence-corrected chi connectivity index (χ3v) is 5.03. The van der Waals surface area contributed by atoms with Crippen molar-refractivity contribution in [3.8, 4) is 0 Å². The predicted octanol–water partition coefficient (Wildman–Crippen LogP) is 1.54. The number of aryl methyl sites for hydroxylation is 1. The second kappa shape index (κ2) is 6.59. The van der Waals surface area contributed by atoms with Crippen LogP contribution in [0, 0.1) is 28.8 Å². The average Bonchev–Trinajstić information content (AvgIpc) is 3.00. The van der Waals surface area contributed by atoms with E-state index in [4.69, 9.17) is 0 Å². The third kappa shape index (κ3) is 3.82. The second-order valence-electron chi connectivity index (χ2n) is 5.40. The SMILES string of the molecule is Cc1cc(S(=O)(=O)NNC(=O)C2CCCC2)c(F)cc1[N+](=O)[O-]. The van der Waals surface area contributed by atoms with Gasteiger partial charge < -0.3 is 0 Å². The van der Waals surface area contributed by atoms with Gasteiger partial charge in [-0.05, 0) is 25.8 Å². The van der Waals surface area contributed by atoms with E-state index in [1.165, 1.54) is 6.92 Å². The summed E-state index contributed by atoms with van der Waals surface area (Å²) in [6.07, 6.45) is 3.17. The van der Waals surface area contributed by atoms with E-state index in [-0.39, 0.29) is 11.5 Å². The Morgan fingerprint density at radius 3 is 2.52 bits per heavy atom. The van der Waals surface area contributed by atoms with Crippen molar-refractivity contribution in [2.75, 3.05) is 0 Å². The zero-order chi connectivity index (χ0) is 17.2. The van der Waals surface area contributed by atoms with E-state index in [0.717, 1.165) is 18.9 Å². The standard InChI is InChI=1S/C13H16FN3O5S/c1-8-6-12(10(14)7-11(8)17(19)20)23(21,22)16-15-13(18)9-4-2-3-5-9/h6-7,9,16H,2-5H2,1H3,(H,15,18). The molecular weight excluding hydrogens is 329 g/mol. The van der Waals surface area contributed by atoms with Crippen LogP contribution in [0.5, 0.6) is 0 Å². The van der Waals surface area contributed by atoms with Gasteiger partial charge >= 0.3 is 0 Å². The Bertz CT molecular complexity index is 744. The van der Waals surface area contributed by atoms with Gasteiger partial charge in [-0.25, -0.2) is 12.8 Å². The molecule has 1 aliphatic carbocycles. The zero-order valence-electron chi connectivity index (χ0n) is 12.3.